The van der Waals surface area contributed by atoms with E-state index in [0.717, 1.165) is 66.8 Å². The van der Waals surface area contributed by atoms with Gasteiger partial charge in [0.1, 0.15) is 11.2 Å². The summed E-state index contributed by atoms with van der Waals surface area (Å²) in [4.78, 5) is 0. The second-order valence-electron chi connectivity index (χ2n) is 20.9. The van der Waals surface area contributed by atoms with Gasteiger partial charge in [-0.3, -0.25) is 0 Å². The first-order valence-corrected chi connectivity index (χ1v) is 27.4. The molecule has 0 atom stereocenters. The lowest BCUT2D eigenvalue weighted by Gasteiger charge is -2.11. The van der Waals surface area contributed by atoms with Crippen LogP contribution in [0, 0.1) is 0 Å². The van der Waals surface area contributed by atoms with Crippen LogP contribution in [0.5, 0.6) is 0 Å². The van der Waals surface area contributed by atoms with Crippen LogP contribution in [-0.4, -0.2) is 18.3 Å². The predicted molar refractivity (Wildman–Crippen MR) is 338 cm³/mol. The topological polar surface area (TPSA) is 32.9 Å². The third-order valence-electron chi connectivity index (χ3n) is 16.3. The van der Waals surface area contributed by atoms with Gasteiger partial charge in [0.05, 0.1) is 44.1 Å². The van der Waals surface area contributed by atoms with Gasteiger partial charge >= 0.3 is 0 Å². The van der Waals surface area contributed by atoms with Crippen molar-refractivity contribution < 1.29 is 4.42 Å². The van der Waals surface area contributed by atoms with Gasteiger partial charge in [0.15, 0.2) is 0 Å². The number of hydrogen-bond donors (Lipinski definition) is 0. The number of fused-ring (bicyclic) bond motifs is 15. The van der Waals surface area contributed by atoms with Crippen molar-refractivity contribution in [1.82, 2.24) is 18.3 Å². The molecule has 5 aromatic heterocycles. The molecule has 376 valence electrons. The van der Waals surface area contributed by atoms with E-state index in [2.05, 4.69) is 292 Å². The molecule has 5 heteroatoms. The van der Waals surface area contributed by atoms with Gasteiger partial charge in [0, 0.05) is 76.6 Å². The van der Waals surface area contributed by atoms with E-state index in [0.29, 0.717) is 0 Å². The fourth-order valence-corrected chi connectivity index (χ4v) is 12.9. The van der Waals surface area contributed by atoms with Crippen LogP contribution in [0.25, 0.3) is 154 Å². The van der Waals surface area contributed by atoms with Gasteiger partial charge in [-0.05, 0) is 151 Å². The molecule has 0 bridgehead atoms. The van der Waals surface area contributed by atoms with Gasteiger partial charge in [-0.1, -0.05) is 152 Å². The molecule has 17 rings (SSSR count). The summed E-state index contributed by atoms with van der Waals surface area (Å²) in [5, 5.41) is 12.1. The van der Waals surface area contributed by atoms with Crippen LogP contribution in [0.3, 0.4) is 0 Å². The average Bonchev–Trinajstić information content (AvgIpc) is 4.40. The Morgan fingerprint density at radius 2 is 0.525 bits per heavy atom. The summed E-state index contributed by atoms with van der Waals surface area (Å²) in [6, 6.07) is 97.5. The monoisotopic (exact) mass is 1020 g/mol. The summed E-state index contributed by atoms with van der Waals surface area (Å²) in [7, 11) is 0. The van der Waals surface area contributed by atoms with Crippen LogP contribution in [0.1, 0.15) is 6.92 Å². The van der Waals surface area contributed by atoms with Crippen LogP contribution in [0.15, 0.2) is 284 Å². The van der Waals surface area contributed by atoms with E-state index in [1.165, 1.54) is 87.4 Å². The third kappa shape index (κ3) is 6.90. The second kappa shape index (κ2) is 18.0. The Labute approximate surface area is 460 Å². The van der Waals surface area contributed by atoms with Gasteiger partial charge in [-0.2, -0.15) is 0 Å². The van der Waals surface area contributed by atoms with Crippen molar-refractivity contribution in [2.75, 3.05) is 0 Å². The van der Waals surface area contributed by atoms with Crippen molar-refractivity contribution in [2.24, 2.45) is 0 Å². The first kappa shape index (κ1) is 45.6. The highest BCUT2D eigenvalue weighted by Crippen LogP contribution is 2.42. The Hall–Kier alpha value is -10.6. The average molecular weight is 1020 g/mol. The molecular weight excluding hydrogens is 973 g/mol. The van der Waals surface area contributed by atoms with Crippen molar-refractivity contribution in [3.05, 3.63) is 280 Å². The van der Waals surface area contributed by atoms with Crippen molar-refractivity contribution in [3.8, 4) is 45.0 Å². The Morgan fingerprint density at radius 3 is 0.863 bits per heavy atom. The van der Waals surface area contributed by atoms with Crippen LogP contribution in [-0.2, 0) is 0 Å². The zero-order valence-corrected chi connectivity index (χ0v) is 43.9. The third-order valence-corrected chi connectivity index (χ3v) is 16.3. The molecule has 0 spiro atoms. The van der Waals surface area contributed by atoms with Crippen molar-refractivity contribution in [1.29, 1.82) is 0 Å². The van der Waals surface area contributed by atoms with Crippen LogP contribution in [0.4, 0.5) is 0 Å². The predicted octanol–water partition coefficient (Wildman–Crippen LogP) is 20.5. The Balaban J connectivity index is 0.00000173. The molecule has 0 amide bonds. The van der Waals surface area contributed by atoms with E-state index < -0.39 is 0 Å². The maximum Gasteiger partial charge on any atom is 0.135 e. The molecule has 0 fully saturated rings. The molecule has 0 saturated heterocycles. The molecule has 5 nitrogen and oxygen atoms in total. The quantitative estimate of drug-likeness (QED) is 0.153. The minimum Gasteiger partial charge on any atom is -0.456 e. The van der Waals surface area contributed by atoms with Crippen molar-refractivity contribution >= 4 is 109 Å². The minimum atomic E-state index is 0.863. The van der Waals surface area contributed by atoms with E-state index in [4.69, 9.17) is 4.42 Å². The largest absolute Gasteiger partial charge is 0.456 e. The molecule has 5 heterocycles. The highest BCUT2D eigenvalue weighted by Gasteiger charge is 2.20. The lowest BCUT2D eigenvalue weighted by atomic mass is 10.0. The van der Waals surface area contributed by atoms with Gasteiger partial charge in [0.2, 0.25) is 0 Å². The molecule has 0 aliphatic carbocycles. The van der Waals surface area contributed by atoms with Gasteiger partial charge in [0.25, 0.3) is 0 Å². The zero-order chi connectivity index (χ0) is 53.0. The summed E-state index contributed by atoms with van der Waals surface area (Å²) in [6.07, 6.45) is 1.75. The maximum absolute atomic E-state index is 6.62. The molecule has 17 aromatic rings. The summed E-state index contributed by atoms with van der Waals surface area (Å²) in [5.74, 6) is 0. The summed E-state index contributed by atoms with van der Waals surface area (Å²) < 4.78 is 16.2. The fourth-order valence-electron chi connectivity index (χ4n) is 12.9. The molecule has 0 saturated carbocycles. The first-order valence-electron chi connectivity index (χ1n) is 27.4. The fraction of sp³-hybridized carbons (Fsp3) is 0.0133. The lowest BCUT2D eigenvalue weighted by Crippen LogP contribution is -1.95. The number of para-hydroxylation sites is 6. The number of aromatic nitrogens is 4. The molecular formula is C75H50N4O. The number of allylic oxidation sites excluding steroid dienone is 1. The van der Waals surface area contributed by atoms with Crippen molar-refractivity contribution in [3.63, 3.8) is 0 Å². The highest BCUT2D eigenvalue weighted by molar-refractivity contribution is 6.15. The molecule has 0 unspecified atom stereocenters. The van der Waals surface area contributed by atoms with E-state index in [1.54, 1.807) is 6.08 Å². The number of hydrogen-bond acceptors (Lipinski definition) is 1. The normalized spacial score (nSPS) is 11.9. The first-order chi connectivity index (χ1) is 39.6. The highest BCUT2D eigenvalue weighted by atomic mass is 16.3. The summed E-state index contributed by atoms with van der Waals surface area (Å²) >= 11 is 0. The Kier molecular flexibility index (Phi) is 10.2. The molecule has 0 aliphatic rings. The molecule has 80 heavy (non-hydrogen) atoms. The van der Waals surface area contributed by atoms with E-state index in [-0.39, 0.29) is 0 Å². The van der Waals surface area contributed by atoms with Crippen molar-refractivity contribution in [2.45, 2.75) is 6.92 Å². The van der Waals surface area contributed by atoms with Gasteiger partial charge in [-0.15, -0.1) is 6.58 Å². The lowest BCUT2D eigenvalue weighted by molar-refractivity contribution is 0.669. The zero-order valence-electron chi connectivity index (χ0n) is 43.9. The van der Waals surface area contributed by atoms with Crippen LogP contribution >= 0.6 is 0 Å². The number of nitrogens with zero attached hydrogens (tertiary/aromatic N) is 4. The standard InChI is InChI=1S/C72H44N4O.C3H6/c1-7-25-63-53(19-1)54-20-2-8-26-64(54)73(63)49-17-13-15-45(39-49)47-31-35-69-59(41-47)57-23-5-11-29-67(57)75(69)51-33-37-71-61(43-51)62-44-52(34-38-72(62)77-71)76-68-30-12-6-24-58(68)60-42-48(32-36-70(60)76)46-16-14-18-50(40-46)74-65-27-9-3-21-55(65)56-22-4-10-28-66(56)74;1-3-2/h1-44H;3H,1H2,2H3. The minimum absolute atomic E-state index is 0.863. The van der Waals surface area contributed by atoms with E-state index >= 15 is 0 Å². The van der Waals surface area contributed by atoms with Crippen LogP contribution < -0.4 is 0 Å². The Bertz CT molecular complexity index is 4930. The number of furan rings is 1. The van der Waals surface area contributed by atoms with Crippen LogP contribution in [0.2, 0.25) is 0 Å². The van der Waals surface area contributed by atoms with Gasteiger partial charge in [-0.25, -0.2) is 0 Å². The smallest absolute Gasteiger partial charge is 0.135 e. The van der Waals surface area contributed by atoms with E-state index in [1.807, 2.05) is 6.92 Å². The number of rotatable bonds is 6. The molecule has 12 aromatic carbocycles. The molecule has 0 aliphatic heterocycles. The summed E-state index contributed by atoms with van der Waals surface area (Å²) in [5.41, 5.74) is 20.4. The summed E-state index contributed by atoms with van der Waals surface area (Å²) in [6.45, 7) is 5.25. The molecule has 0 radical (unpaired) electrons. The SMILES string of the molecule is C=CC.c1cc(-c2ccc3c(c2)c2ccccc2n3-c2ccc3oc4ccc(-n5c6ccccc6c6cc(-c7cccc(-n8c9ccccc9c9ccccc98)c7)ccc65)cc4c3c2)cc(-n2c3ccccc3c3ccccc32)c1. The van der Waals surface area contributed by atoms with Gasteiger partial charge < -0.3 is 22.7 Å². The number of benzene rings is 12. The maximum atomic E-state index is 6.62. The van der Waals surface area contributed by atoms with E-state index in [9.17, 15) is 0 Å². The second-order valence-corrected chi connectivity index (χ2v) is 20.9. The Morgan fingerprint density at radius 1 is 0.250 bits per heavy atom. The molecule has 0 N–H and O–H groups in total.